The summed E-state index contributed by atoms with van der Waals surface area (Å²) in [5.74, 6) is -0.844. The van der Waals surface area contributed by atoms with Gasteiger partial charge >= 0.3 is 5.97 Å². The molecule has 0 aliphatic carbocycles. The van der Waals surface area contributed by atoms with Crippen molar-refractivity contribution in [3.8, 4) is 0 Å². The summed E-state index contributed by atoms with van der Waals surface area (Å²) >= 11 is 16.6. The van der Waals surface area contributed by atoms with E-state index in [0.29, 0.717) is 0 Å². The average molecular weight is 282 g/mol. The minimum atomic E-state index is -2.33. The molecule has 1 atom stereocenters. The van der Waals surface area contributed by atoms with Gasteiger partial charge in [-0.1, -0.05) is 34.8 Å². The maximum absolute atomic E-state index is 10.7. The first-order valence-corrected chi connectivity index (χ1v) is 5.04. The molecule has 0 aliphatic heterocycles. The summed E-state index contributed by atoms with van der Waals surface area (Å²) in [5.41, 5.74) is -3.76. The molecule has 0 aromatic rings. The highest BCUT2D eigenvalue weighted by Gasteiger charge is 2.56. The summed E-state index contributed by atoms with van der Waals surface area (Å²) in [6.45, 7) is -0.706. The van der Waals surface area contributed by atoms with Crippen molar-refractivity contribution in [3.05, 3.63) is 0 Å². The number of alkyl halides is 3. The van der Waals surface area contributed by atoms with Gasteiger partial charge in [-0.2, -0.15) is 0 Å². The molecule has 0 aromatic heterocycles. The summed E-state index contributed by atoms with van der Waals surface area (Å²) in [4.78, 5) is 10.7. The van der Waals surface area contributed by atoms with Gasteiger partial charge in [0.2, 0.25) is 0 Å². The minimum Gasteiger partial charge on any atom is -0.428 e. The molecule has 0 aliphatic rings. The molecular formula is C7H11Cl3O5. The second kappa shape index (κ2) is 5.52. The highest BCUT2D eigenvalue weighted by molar-refractivity contribution is 6.48. The van der Waals surface area contributed by atoms with Gasteiger partial charge in [-0.25, -0.2) is 0 Å². The lowest BCUT2D eigenvalue weighted by molar-refractivity contribution is -0.161. The van der Waals surface area contributed by atoms with Crippen LogP contribution in [-0.4, -0.2) is 44.6 Å². The molecule has 0 bridgehead atoms. The van der Waals surface area contributed by atoms with Crippen molar-refractivity contribution in [1.29, 1.82) is 0 Å². The topological polar surface area (TPSA) is 87.0 Å². The molecule has 0 radical (unpaired) electrons. The second-order valence-electron chi connectivity index (χ2n) is 2.92. The van der Waals surface area contributed by atoms with Gasteiger partial charge in [0.05, 0.1) is 13.2 Å². The van der Waals surface area contributed by atoms with Crippen LogP contribution in [0.15, 0.2) is 0 Å². The number of aliphatic hydroxyl groups excluding tert-OH is 3. The Morgan fingerprint density at radius 1 is 1.40 bits per heavy atom. The molecule has 0 rings (SSSR count). The van der Waals surface area contributed by atoms with Crippen LogP contribution in [0.25, 0.3) is 0 Å². The molecule has 5 nitrogen and oxygen atoms in total. The van der Waals surface area contributed by atoms with E-state index in [4.69, 9.17) is 45.0 Å². The summed E-state index contributed by atoms with van der Waals surface area (Å²) in [5, 5.41) is 27.3. The third kappa shape index (κ3) is 3.09. The Morgan fingerprint density at radius 2 is 1.80 bits per heavy atom. The van der Waals surface area contributed by atoms with E-state index in [9.17, 15) is 9.90 Å². The Bertz CT molecular complexity index is 227. The van der Waals surface area contributed by atoms with E-state index in [1.807, 2.05) is 0 Å². The first-order valence-electron chi connectivity index (χ1n) is 3.84. The fourth-order valence-electron chi connectivity index (χ4n) is 0.806. The molecule has 0 spiro atoms. The van der Waals surface area contributed by atoms with Crippen LogP contribution in [0.2, 0.25) is 0 Å². The smallest absolute Gasteiger partial charge is 0.305 e. The maximum Gasteiger partial charge on any atom is 0.305 e. The van der Waals surface area contributed by atoms with Crippen LogP contribution in [0, 0.1) is 5.41 Å². The van der Waals surface area contributed by atoms with Gasteiger partial charge in [-0.3, -0.25) is 4.79 Å². The van der Waals surface area contributed by atoms with E-state index in [-0.39, 0.29) is 0 Å². The predicted molar refractivity (Wildman–Crippen MR) is 54.7 cm³/mol. The van der Waals surface area contributed by atoms with Crippen LogP contribution in [0.4, 0.5) is 0 Å². The van der Waals surface area contributed by atoms with Crippen LogP contribution >= 0.6 is 34.8 Å². The van der Waals surface area contributed by atoms with Crippen LogP contribution in [0.5, 0.6) is 0 Å². The SMILES string of the molecule is CC(=O)OC(Cl)(Cl)C(CO)(CO)C(O)Cl. The molecule has 0 saturated heterocycles. The third-order valence-corrected chi connectivity index (χ3v) is 3.20. The summed E-state index contributed by atoms with van der Waals surface area (Å²) in [7, 11) is 0. The molecule has 1 unspecified atom stereocenters. The Hall–Kier alpha value is 0.220. The largest absolute Gasteiger partial charge is 0.428 e. The lowest BCUT2D eigenvalue weighted by Crippen LogP contribution is -2.54. The van der Waals surface area contributed by atoms with Crippen LogP contribution in [0.3, 0.4) is 0 Å². The van der Waals surface area contributed by atoms with Crippen molar-refractivity contribution in [2.24, 2.45) is 5.41 Å². The highest BCUT2D eigenvalue weighted by Crippen LogP contribution is 2.45. The number of hydrogen-bond acceptors (Lipinski definition) is 5. The quantitative estimate of drug-likeness (QED) is 0.495. The van der Waals surface area contributed by atoms with Gasteiger partial charge in [0.15, 0.2) is 0 Å². The number of esters is 1. The number of halogens is 3. The monoisotopic (exact) mass is 280 g/mol. The van der Waals surface area contributed by atoms with E-state index in [0.717, 1.165) is 6.92 Å². The lowest BCUT2D eigenvalue weighted by atomic mass is 9.91. The summed E-state index contributed by atoms with van der Waals surface area (Å²) in [6, 6.07) is 0. The van der Waals surface area contributed by atoms with Crippen molar-refractivity contribution in [1.82, 2.24) is 0 Å². The zero-order valence-electron chi connectivity index (χ0n) is 7.78. The van der Waals surface area contributed by atoms with E-state index in [2.05, 4.69) is 4.74 Å². The molecule has 90 valence electrons. The molecular weight excluding hydrogens is 270 g/mol. The molecule has 0 saturated carbocycles. The van der Waals surface area contributed by atoms with E-state index >= 15 is 0 Å². The normalized spacial score (nSPS) is 14.9. The van der Waals surface area contributed by atoms with Crippen LogP contribution in [-0.2, 0) is 9.53 Å². The van der Waals surface area contributed by atoms with Crippen molar-refractivity contribution in [3.63, 3.8) is 0 Å². The number of carbonyl (C=O) groups is 1. The number of carbonyl (C=O) groups excluding carboxylic acids is 1. The van der Waals surface area contributed by atoms with Gasteiger partial charge in [0.25, 0.3) is 4.52 Å². The molecule has 0 heterocycles. The van der Waals surface area contributed by atoms with Crippen LogP contribution < -0.4 is 0 Å². The van der Waals surface area contributed by atoms with E-state index in [1.165, 1.54) is 0 Å². The van der Waals surface area contributed by atoms with Gasteiger partial charge in [0, 0.05) is 6.92 Å². The predicted octanol–water partition coefficient (Wildman–Crippen LogP) is 0.209. The third-order valence-electron chi connectivity index (χ3n) is 1.87. The van der Waals surface area contributed by atoms with E-state index in [1.54, 1.807) is 0 Å². The van der Waals surface area contributed by atoms with Gasteiger partial charge in [-0.05, 0) is 0 Å². The summed E-state index contributed by atoms with van der Waals surface area (Å²) < 4.78 is 2.14. The first-order chi connectivity index (χ1) is 6.73. The lowest BCUT2D eigenvalue weighted by Gasteiger charge is -2.39. The fourth-order valence-corrected chi connectivity index (χ4v) is 1.87. The highest BCUT2D eigenvalue weighted by atomic mass is 35.5. The zero-order valence-corrected chi connectivity index (χ0v) is 10.1. The minimum absolute atomic E-state index is 0.844. The van der Waals surface area contributed by atoms with Crippen molar-refractivity contribution in [2.45, 2.75) is 17.0 Å². The molecule has 0 amide bonds. The average Bonchev–Trinajstić information content (AvgIpc) is 2.03. The summed E-state index contributed by atoms with van der Waals surface area (Å²) in [6.07, 6.45) is 0. The van der Waals surface area contributed by atoms with Gasteiger partial charge in [-0.15, -0.1) is 0 Å². The Labute approximate surface area is 101 Å². The maximum atomic E-state index is 10.7. The Kier molecular flexibility index (Phi) is 5.60. The molecule has 3 N–H and O–H groups in total. The molecule has 0 aromatic carbocycles. The van der Waals surface area contributed by atoms with Gasteiger partial charge < -0.3 is 20.1 Å². The standard InChI is InChI=1S/C7H11Cl3O5/c1-4(13)15-7(9,10)6(2-11,3-12)5(8)14/h5,11-12,14H,2-3H2,1H3. The molecule has 8 heteroatoms. The van der Waals surface area contributed by atoms with Crippen molar-refractivity contribution in [2.75, 3.05) is 13.2 Å². The van der Waals surface area contributed by atoms with E-state index < -0.39 is 34.7 Å². The van der Waals surface area contributed by atoms with Gasteiger partial charge in [0.1, 0.15) is 11.0 Å². The van der Waals surface area contributed by atoms with Crippen molar-refractivity contribution < 1.29 is 24.9 Å². The fraction of sp³-hybridized carbons (Fsp3) is 0.857. The second-order valence-corrected chi connectivity index (χ2v) is 4.59. The Balaban J connectivity index is 5.12. The number of aliphatic hydroxyl groups is 3. The number of rotatable bonds is 5. The zero-order chi connectivity index (χ0) is 12.3. The molecule has 15 heavy (non-hydrogen) atoms. The number of ether oxygens (including phenoxy) is 1. The van der Waals surface area contributed by atoms with Crippen LogP contribution in [0.1, 0.15) is 6.92 Å². The number of hydrogen-bond donors (Lipinski definition) is 3. The Morgan fingerprint density at radius 3 is 2.00 bits per heavy atom. The first kappa shape index (κ1) is 15.2. The molecule has 0 fully saturated rings. The van der Waals surface area contributed by atoms with Crippen molar-refractivity contribution >= 4 is 40.8 Å².